The van der Waals surface area contributed by atoms with Crippen molar-refractivity contribution in [3.05, 3.63) is 90.0 Å². The second kappa shape index (κ2) is 7.37. The molecule has 0 aliphatic rings. The molecule has 3 rings (SSSR count). The number of amides is 1. The fraction of sp³-hybridized carbons (Fsp3) is 0.105. The summed E-state index contributed by atoms with van der Waals surface area (Å²) in [6.07, 6.45) is 3.06. The minimum atomic E-state index is -0.290. The van der Waals surface area contributed by atoms with Gasteiger partial charge in [-0.2, -0.15) is 0 Å². The molecule has 1 N–H and O–H groups in total. The van der Waals surface area contributed by atoms with Crippen LogP contribution in [0, 0.1) is 6.92 Å². The van der Waals surface area contributed by atoms with Crippen LogP contribution < -0.4 is 10.4 Å². The highest BCUT2D eigenvalue weighted by molar-refractivity contribution is 5.92. The average Bonchev–Trinajstić information content (AvgIpc) is 2.63. The molecule has 0 aliphatic carbocycles. The molecule has 0 saturated heterocycles. The zero-order chi connectivity index (χ0) is 16.8. The molecule has 0 spiro atoms. The van der Waals surface area contributed by atoms with E-state index in [1.54, 1.807) is 11.2 Å². The van der Waals surface area contributed by atoms with Crippen molar-refractivity contribution in [1.82, 2.24) is 15.4 Å². The van der Waals surface area contributed by atoms with Crippen LogP contribution >= 0.6 is 0 Å². The molecule has 5 heteroatoms. The highest BCUT2D eigenvalue weighted by Crippen LogP contribution is 2.15. The molecule has 0 fully saturated rings. The maximum Gasteiger partial charge on any atom is 0.289 e. The van der Waals surface area contributed by atoms with Gasteiger partial charge in [0.1, 0.15) is 5.69 Å². The van der Waals surface area contributed by atoms with Crippen LogP contribution in [0.2, 0.25) is 0 Å². The van der Waals surface area contributed by atoms with E-state index in [4.69, 9.17) is 0 Å². The predicted octanol–water partition coefficient (Wildman–Crippen LogP) is 3.14. The largest absolute Gasteiger partial charge is 0.289 e. The van der Waals surface area contributed by atoms with Gasteiger partial charge >= 0.3 is 0 Å². The first-order chi connectivity index (χ1) is 11.7. The Kier molecular flexibility index (Phi) is 4.81. The average molecular weight is 318 g/mol. The topological polar surface area (TPSA) is 58.1 Å². The lowest BCUT2D eigenvalue weighted by molar-refractivity contribution is 0.0942. The summed E-state index contributed by atoms with van der Waals surface area (Å²) in [6, 6.07) is 19.7. The predicted molar refractivity (Wildman–Crippen MR) is 93.3 cm³/mol. The highest BCUT2D eigenvalue weighted by atomic mass is 16.2. The molecular formula is C19H18N4O. The Morgan fingerprint density at radius 1 is 0.958 bits per heavy atom. The first-order valence-electron chi connectivity index (χ1n) is 7.68. The number of rotatable bonds is 5. The van der Waals surface area contributed by atoms with Gasteiger partial charge in [-0.15, -0.1) is 0 Å². The number of nitrogens with one attached hydrogen (secondary N) is 1. The third kappa shape index (κ3) is 3.95. The fourth-order valence-corrected chi connectivity index (χ4v) is 2.26. The van der Waals surface area contributed by atoms with E-state index in [0.29, 0.717) is 6.54 Å². The zero-order valence-electron chi connectivity index (χ0n) is 13.4. The van der Waals surface area contributed by atoms with Crippen molar-refractivity contribution in [2.75, 3.05) is 5.01 Å². The Bertz CT molecular complexity index is 789. The van der Waals surface area contributed by atoms with Gasteiger partial charge in [0.2, 0.25) is 0 Å². The molecule has 3 aromatic rings. The van der Waals surface area contributed by atoms with E-state index in [2.05, 4.69) is 15.4 Å². The maximum absolute atomic E-state index is 12.5. The number of benzene rings is 2. The quantitative estimate of drug-likeness (QED) is 0.734. The van der Waals surface area contributed by atoms with E-state index < -0.39 is 0 Å². The van der Waals surface area contributed by atoms with E-state index in [-0.39, 0.29) is 11.6 Å². The van der Waals surface area contributed by atoms with Gasteiger partial charge in [-0.05, 0) is 24.6 Å². The Labute approximate surface area is 141 Å². The second-order valence-corrected chi connectivity index (χ2v) is 5.39. The lowest BCUT2D eigenvalue weighted by Crippen LogP contribution is -2.42. The molecule has 120 valence electrons. The van der Waals surface area contributed by atoms with Crippen molar-refractivity contribution in [1.29, 1.82) is 0 Å². The van der Waals surface area contributed by atoms with Crippen molar-refractivity contribution < 1.29 is 4.79 Å². The number of para-hydroxylation sites is 1. The number of aromatic nitrogens is 2. The molecule has 0 bridgehead atoms. The third-order valence-corrected chi connectivity index (χ3v) is 3.50. The molecule has 0 saturated carbocycles. The number of hydrazine groups is 1. The van der Waals surface area contributed by atoms with Gasteiger partial charge < -0.3 is 0 Å². The van der Waals surface area contributed by atoms with E-state index >= 15 is 0 Å². The summed E-state index contributed by atoms with van der Waals surface area (Å²) in [6.45, 7) is 2.39. The van der Waals surface area contributed by atoms with Crippen LogP contribution in [0.25, 0.3) is 0 Å². The van der Waals surface area contributed by atoms with Gasteiger partial charge in [0.25, 0.3) is 5.91 Å². The van der Waals surface area contributed by atoms with Gasteiger partial charge in [-0.25, -0.2) is 4.98 Å². The Morgan fingerprint density at radius 2 is 1.62 bits per heavy atom. The number of nitrogens with zero attached hydrogens (tertiary/aromatic N) is 3. The summed E-state index contributed by atoms with van der Waals surface area (Å²) in [5.74, 6) is -0.290. The molecular weight excluding hydrogens is 300 g/mol. The monoisotopic (exact) mass is 318 g/mol. The summed E-state index contributed by atoms with van der Waals surface area (Å²) in [7, 11) is 0. The minimum absolute atomic E-state index is 0.287. The van der Waals surface area contributed by atoms with E-state index in [0.717, 1.165) is 16.9 Å². The maximum atomic E-state index is 12.5. The van der Waals surface area contributed by atoms with E-state index in [1.165, 1.54) is 6.20 Å². The smallest absolute Gasteiger partial charge is 0.281 e. The van der Waals surface area contributed by atoms with Crippen LogP contribution in [0.5, 0.6) is 0 Å². The van der Waals surface area contributed by atoms with Gasteiger partial charge in [0.05, 0.1) is 24.1 Å². The summed E-state index contributed by atoms with van der Waals surface area (Å²) in [4.78, 5) is 20.7. The van der Waals surface area contributed by atoms with Crippen LogP contribution in [-0.2, 0) is 6.54 Å². The summed E-state index contributed by atoms with van der Waals surface area (Å²) in [5.41, 5.74) is 5.96. The molecule has 2 aromatic carbocycles. The van der Waals surface area contributed by atoms with Crippen LogP contribution in [0.15, 0.2) is 73.1 Å². The van der Waals surface area contributed by atoms with Gasteiger partial charge in [-0.1, -0.05) is 48.5 Å². The Hall–Kier alpha value is -3.21. The number of aryl methyl sites for hydroxylation is 1. The third-order valence-electron chi connectivity index (χ3n) is 3.50. The summed E-state index contributed by atoms with van der Waals surface area (Å²) >= 11 is 0. The molecule has 1 heterocycles. The fourth-order valence-electron chi connectivity index (χ4n) is 2.26. The molecule has 0 radical (unpaired) electrons. The van der Waals surface area contributed by atoms with Crippen molar-refractivity contribution in [2.24, 2.45) is 0 Å². The number of anilines is 1. The highest BCUT2D eigenvalue weighted by Gasteiger charge is 2.14. The number of hydrogen-bond donors (Lipinski definition) is 1. The first kappa shape index (κ1) is 15.7. The normalized spacial score (nSPS) is 10.2. The Morgan fingerprint density at radius 3 is 2.25 bits per heavy atom. The lowest BCUT2D eigenvalue weighted by Gasteiger charge is -2.25. The molecule has 0 aliphatic heterocycles. The molecule has 24 heavy (non-hydrogen) atoms. The minimum Gasteiger partial charge on any atom is -0.281 e. The molecule has 1 aromatic heterocycles. The molecule has 0 unspecified atom stereocenters. The van der Waals surface area contributed by atoms with Crippen molar-refractivity contribution >= 4 is 11.6 Å². The SMILES string of the molecule is Cc1cnc(C(=O)NN(Cc2ccccc2)c2ccccc2)cn1. The summed E-state index contributed by atoms with van der Waals surface area (Å²) < 4.78 is 0. The standard InChI is InChI=1S/C19H18N4O/c1-15-12-21-18(13-20-15)19(24)22-23(17-10-6-3-7-11-17)14-16-8-4-2-5-9-16/h2-13H,14H2,1H3,(H,22,24). The van der Waals surface area contributed by atoms with E-state index in [1.807, 2.05) is 67.6 Å². The van der Waals surface area contributed by atoms with Crippen LogP contribution in [0.1, 0.15) is 21.7 Å². The van der Waals surface area contributed by atoms with E-state index in [9.17, 15) is 4.79 Å². The van der Waals surface area contributed by atoms with Crippen LogP contribution in [-0.4, -0.2) is 15.9 Å². The molecule has 0 atom stereocenters. The number of carbonyl (C=O) groups excluding carboxylic acids is 1. The van der Waals surface area contributed by atoms with Crippen molar-refractivity contribution in [2.45, 2.75) is 13.5 Å². The van der Waals surface area contributed by atoms with Gasteiger partial charge in [0, 0.05) is 6.20 Å². The van der Waals surface area contributed by atoms with Gasteiger partial charge in [0.15, 0.2) is 0 Å². The number of hydrogen-bond acceptors (Lipinski definition) is 4. The lowest BCUT2D eigenvalue weighted by atomic mass is 10.2. The van der Waals surface area contributed by atoms with Gasteiger partial charge in [-0.3, -0.25) is 20.2 Å². The zero-order valence-corrected chi connectivity index (χ0v) is 13.4. The molecule has 5 nitrogen and oxygen atoms in total. The second-order valence-electron chi connectivity index (χ2n) is 5.39. The molecule has 1 amide bonds. The Balaban J connectivity index is 1.82. The summed E-state index contributed by atoms with van der Waals surface area (Å²) in [5, 5.41) is 1.80. The van der Waals surface area contributed by atoms with Crippen molar-refractivity contribution in [3.8, 4) is 0 Å². The van der Waals surface area contributed by atoms with Crippen LogP contribution in [0.4, 0.5) is 5.69 Å². The number of carbonyl (C=O) groups is 1. The van der Waals surface area contributed by atoms with Crippen LogP contribution in [0.3, 0.4) is 0 Å². The van der Waals surface area contributed by atoms with Crippen molar-refractivity contribution in [3.63, 3.8) is 0 Å². The first-order valence-corrected chi connectivity index (χ1v) is 7.68.